The maximum absolute atomic E-state index is 11.5. The van der Waals surface area contributed by atoms with E-state index >= 15 is 0 Å². The van der Waals surface area contributed by atoms with Gasteiger partial charge in [-0.15, -0.1) is 0 Å². The normalized spacial score (nSPS) is 13.9. The third-order valence-corrected chi connectivity index (χ3v) is 3.05. The summed E-state index contributed by atoms with van der Waals surface area (Å²) >= 11 is 0. The van der Waals surface area contributed by atoms with E-state index in [9.17, 15) is 9.59 Å². The molecule has 0 radical (unpaired) electrons. The van der Waals surface area contributed by atoms with Crippen molar-refractivity contribution >= 4 is 17.8 Å². The van der Waals surface area contributed by atoms with Gasteiger partial charge in [-0.1, -0.05) is 30.4 Å². The minimum absolute atomic E-state index is 0.000516. The lowest BCUT2D eigenvalue weighted by molar-refractivity contribution is -0.118. The second-order valence-electron chi connectivity index (χ2n) is 4.51. The molecule has 18 heavy (non-hydrogen) atoms. The first-order valence-corrected chi connectivity index (χ1v) is 6.24. The number of rotatable bonds is 4. The van der Waals surface area contributed by atoms with Crippen LogP contribution >= 0.6 is 0 Å². The average molecular weight is 243 g/mol. The number of carbonyl (C=O) groups is 2. The van der Waals surface area contributed by atoms with Gasteiger partial charge in [-0.25, -0.2) is 0 Å². The van der Waals surface area contributed by atoms with E-state index < -0.39 is 0 Å². The summed E-state index contributed by atoms with van der Waals surface area (Å²) in [5.74, 6) is 0.255. The molecule has 0 atom stereocenters. The fourth-order valence-electron chi connectivity index (χ4n) is 2.13. The van der Waals surface area contributed by atoms with Gasteiger partial charge < -0.3 is 5.32 Å². The maximum Gasteiger partial charge on any atom is 0.216 e. The van der Waals surface area contributed by atoms with Crippen LogP contribution in [0.15, 0.2) is 24.3 Å². The van der Waals surface area contributed by atoms with Crippen molar-refractivity contribution in [3.8, 4) is 0 Å². The second kappa shape index (κ2) is 5.63. The van der Waals surface area contributed by atoms with Crippen LogP contribution in [0.5, 0.6) is 0 Å². The quantitative estimate of drug-likeness (QED) is 0.825. The summed E-state index contributed by atoms with van der Waals surface area (Å²) < 4.78 is 0. The monoisotopic (exact) mass is 243 g/mol. The van der Waals surface area contributed by atoms with Gasteiger partial charge in [0, 0.05) is 25.5 Å². The van der Waals surface area contributed by atoms with Gasteiger partial charge in [0.25, 0.3) is 0 Å². The van der Waals surface area contributed by atoms with E-state index in [1.54, 1.807) is 0 Å². The van der Waals surface area contributed by atoms with E-state index in [2.05, 4.69) is 11.4 Å². The summed E-state index contributed by atoms with van der Waals surface area (Å²) in [4.78, 5) is 22.2. The summed E-state index contributed by atoms with van der Waals surface area (Å²) in [6.07, 6.45) is 6.39. The van der Waals surface area contributed by atoms with E-state index in [0.717, 1.165) is 29.5 Å². The van der Waals surface area contributed by atoms with Crippen LogP contribution in [0.2, 0.25) is 0 Å². The first-order valence-electron chi connectivity index (χ1n) is 6.24. The highest BCUT2D eigenvalue weighted by Crippen LogP contribution is 2.23. The fourth-order valence-corrected chi connectivity index (χ4v) is 2.13. The number of hydrogen-bond donors (Lipinski definition) is 1. The van der Waals surface area contributed by atoms with Crippen molar-refractivity contribution in [3.63, 3.8) is 0 Å². The molecule has 1 aromatic rings. The minimum Gasteiger partial charge on any atom is -0.356 e. The van der Waals surface area contributed by atoms with Crippen LogP contribution in [0.3, 0.4) is 0 Å². The Morgan fingerprint density at radius 2 is 2.22 bits per heavy atom. The Morgan fingerprint density at radius 3 is 3.00 bits per heavy atom. The number of amides is 1. The Balaban J connectivity index is 1.92. The molecule has 0 bridgehead atoms. The fraction of sp³-hybridized carbons (Fsp3) is 0.333. The van der Waals surface area contributed by atoms with E-state index in [4.69, 9.17) is 0 Å². The molecule has 0 saturated carbocycles. The molecule has 0 fully saturated rings. The van der Waals surface area contributed by atoms with Crippen molar-refractivity contribution in [2.45, 2.75) is 26.2 Å². The van der Waals surface area contributed by atoms with Gasteiger partial charge in [0.1, 0.15) is 0 Å². The molecule has 0 saturated heterocycles. The summed E-state index contributed by atoms with van der Waals surface area (Å²) in [6.45, 7) is 2.18. The molecule has 3 nitrogen and oxygen atoms in total. The minimum atomic E-state index is -0.000516. The predicted octanol–water partition coefficient (Wildman–Crippen LogP) is 2.35. The molecule has 94 valence electrons. The molecule has 1 aliphatic carbocycles. The predicted molar refractivity (Wildman–Crippen MR) is 71.4 cm³/mol. The molecule has 1 aliphatic rings. The van der Waals surface area contributed by atoms with Crippen molar-refractivity contribution in [1.82, 2.24) is 5.32 Å². The van der Waals surface area contributed by atoms with Crippen LogP contribution in [-0.2, 0) is 11.2 Å². The van der Waals surface area contributed by atoms with Crippen LogP contribution in [0.1, 0.15) is 41.3 Å². The number of fused-ring (bicyclic) bond motifs is 1. The number of Topliss-reactive ketones (excluding diaryl/α,β-unsaturated/α-hetero) is 1. The average Bonchev–Trinajstić information content (AvgIpc) is 2.70. The number of nitrogens with one attached hydrogen (secondary N) is 1. The van der Waals surface area contributed by atoms with Gasteiger partial charge in [-0.2, -0.15) is 0 Å². The summed E-state index contributed by atoms with van der Waals surface area (Å²) in [6, 6.07) is 5.96. The molecule has 1 N–H and O–H groups in total. The van der Waals surface area contributed by atoms with E-state index in [-0.39, 0.29) is 11.7 Å². The SMILES string of the molecule is CC(=O)NCCC=Cc1ccc2c(c1)CCC2=O. The van der Waals surface area contributed by atoms with Crippen molar-refractivity contribution in [2.24, 2.45) is 0 Å². The third kappa shape index (κ3) is 3.06. The lowest BCUT2D eigenvalue weighted by Gasteiger charge is -2.00. The van der Waals surface area contributed by atoms with Crippen LogP contribution in [0, 0.1) is 0 Å². The molecule has 3 heteroatoms. The zero-order valence-corrected chi connectivity index (χ0v) is 10.5. The van der Waals surface area contributed by atoms with E-state index in [1.807, 2.05) is 24.3 Å². The molecule has 0 aliphatic heterocycles. The lowest BCUT2D eigenvalue weighted by Crippen LogP contribution is -2.20. The van der Waals surface area contributed by atoms with Crippen molar-refractivity contribution in [1.29, 1.82) is 0 Å². The summed E-state index contributed by atoms with van der Waals surface area (Å²) in [5, 5.41) is 2.74. The molecule has 0 spiro atoms. The topological polar surface area (TPSA) is 46.2 Å². The van der Waals surface area contributed by atoms with Crippen LogP contribution in [-0.4, -0.2) is 18.2 Å². The van der Waals surface area contributed by atoms with Gasteiger partial charge in [0.05, 0.1) is 0 Å². The number of ketones is 1. The van der Waals surface area contributed by atoms with Crippen LogP contribution in [0.4, 0.5) is 0 Å². The molecule has 2 rings (SSSR count). The lowest BCUT2D eigenvalue weighted by atomic mass is 10.1. The Hall–Kier alpha value is -1.90. The van der Waals surface area contributed by atoms with E-state index in [0.29, 0.717) is 13.0 Å². The highest BCUT2D eigenvalue weighted by atomic mass is 16.1. The Kier molecular flexibility index (Phi) is 3.92. The number of aryl methyl sites for hydroxylation is 1. The Labute approximate surface area is 107 Å². The standard InChI is InChI=1S/C15H17NO2/c1-11(17)16-9-3-2-4-12-5-7-14-13(10-12)6-8-15(14)18/h2,4-5,7,10H,3,6,8-9H2,1H3,(H,16,17). The van der Waals surface area contributed by atoms with E-state index in [1.165, 1.54) is 6.92 Å². The molecule has 1 amide bonds. The molecule has 0 unspecified atom stereocenters. The first kappa shape index (κ1) is 12.6. The zero-order valence-electron chi connectivity index (χ0n) is 10.5. The summed E-state index contributed by atoms with van der Waals surface area (Å²) in [5.41, 5.74) is 3.15. The molecular weight excluding hydrogens is 226 g/mol. The summed E-state index contributed by atoms with van der Waals surface area (Å²) in [7, 11) is 0. The van der Waals surface area contributed by atoms with Gasteiger partial charge in [0.15, 0.2) is 5.78 Å². The number of carbonyl (C=O) groups excluding carboxylic acids is 2. The molecule has 1 aromatic carbocycles. The zero-order chi connectivity index (χ0) is 13.0. The Bertz CT molecular complexity index is 503. The van der Waals surface area contributed by atoms with Gasteiger partial charge in [0.2, 0.25) is 5.91 Å². The number of hydrogen-bond acceptors (Lipinski definition) is 2. The highest BCUT2D eigenvalue weighted by Gasteiger charge is 2.18. The first-order chi connectivity index (χ1) is 8.66. The highest BCUT2D eigenvalue weighted by molar-refractivity contribution is 6.00. The van der Waals surface area contributed by atoms with Crippen LogP contribution < -0.4 is 5.32 Å². The number of benzene rings is 1. The van der Waals surface area contributed by atoms with Gasteiger partial charge >= 0.3 is 0 Å². The smallest absolute Gasteiger partial charge is 0.216 e. The largest absolute Gasteiger partial charge is 0.356 e. The molecular formula is C15H17NO2. The third-order valence-electron chi connectivity index (χ3n) is 3.05. The van der Waals surface area contributed by atoms with Crippen LogP contribution in [0.25, 0.3) is 6.08 Å². The van der Waals surface area contributed by atoms with Gasteiger partial charge in [-0.05, 0) is 24.0 Å². The molecule has 0 aromatic heterocycles. The Morgan fingerprint density at radius 1 is 1.39 bits per heavy atom. The molecule has 0 heterocycles. The second-order valence-corrected chi connectivity index (χ2v) is 4.51. The van der Waals surface area contributed by atoms with Gasteiger partial charge in [-0.3, -0.25) is 9.59 Å². The van der Waals surface area contributed by atoms with Crippen molar-refractivity contribution < 1.29 is 9.59 Å². The van der Waals surface area contributed by atoms with Crippen molar-refractivity contribution in [2.75, 3.05) is 6.54 Å². The maximum atomic E-state index is 11.5. The van der Waals surface area contributed by atoms with Crippen molar-refractivity contribution in [3.05, 3.63) is 41.0 Å².